The van der Waals surface area contributed by atoms with Gasteiger partial charge in [0.05, 0.1) is 6.54 Å². The molecule has 1 N–H and O–H groups in total. The number of aromatic nitrogens is 2. The first-order chi connectivity index (χ1) is 10.3. The lowest BCUT2D eigenvalue weighted by Crippen LogP contribution is -2.00. The molecule has 106 valence electrons. The number of nitrogens with zero attached hydrogens (tertiary/aromatic N) is 2. The first kappa shape index (κ1) is 13.3. The van der Waals surface area contributed by atoms with Gasteiger partial charge in [0.1, 0.15) is 5.82 Å². The van der Waals surface area contributed by atoms with Crippen molar-refractivity contribution in [2.45, 2.75) is 13.0 Å². The molecule has 0 saturated carbocycles. The van der Waals surface area contributed by atoms with Gasteiger partial charge in [0.15, 0.2) is 5.82 Å². The van der Waals surface area contributed by atoms with E-state index in [1.807, 2.05) is 30.3 Å². The van der Waals surface area contributed by atoms with Crippen LogP contribution in [0.15, 0.2) is 59.1 Å². The summed E-state index contributed by atoms with van der Waals surface area (Å²) in [6.07, 6.45) is 0.321. The SMILES string of the molecule is Fc1ccccc1Cc1noc(CNc2ccccc2)n1. The summed E-state index contributed by atoms with van der Waals surface area (Å²) in [5, 5.41) is 7.05. The van der Waals surface area contributed by atoms with Crippen molar-refractivity contribution in [3.8, 4) is 0 Å². The van der Waals surface area contributed by atoms with Gasteiger partial charge < -0.3 is 9.84 Å². The maximum atomic E-state index is 13.6. The number of nitrogens with one attached hydrogen (secondary N) is 1. The van der Waals surface area contributed by atoms with Gasteiger partial charge in [0.2, 0.25) is 5.89 Å². The van der Waals surface area contributed by atoms with Gasteiger partial charge in [0.25, 0.3) is 0 Å². The quantitative estimate of drug-likeness (QED) is 0.779. The number of para-hydroxylation sites is 1. The van der Waals surface area contributed by atoms with Crippen molar-refractivity contribution in [1.29, 1.82) is 0 Å². The molecule has 2 aromatic carbocycles. The maximum Gasteiger partial charge on any atom is 0.245 e. The molecule has 0 fully saturated rings. The first-order valence-electron chi connectivity index (χ1n) is 6.65. The van der Waals surface area contributed by atoms with E-state index >= 15 is 0 Å². The van der Waals surface area contributed by atoms with Crippen molar-refractivity contribution in [3.63, 3.8) is 0 Å². The molecule has 0 spiro atoms. The van der Waals surface area contributed by atoms with E-state index in [0.717, 1.165) is 5.69 Å². The Morgan fingerprint density at radius 3 is 2.57 bits per heavy atom. The Labute approximate surface area is 121 Å². The molecular formula is C16H14FN3O. The standard InChI is InChI=1S/C16H14FN3O/c17-14-9-5-4-6-12(14)10-15-19-16(21-20-15)11-18-13-7-2-1-3-8-13/h1-9,18H,10-11H2. The number of benzene rings is 2. The lowest BCUT2D eigenvalue weighted by Gasteiger charge is -2.01. The van der Waals surface area contributed by atoms with Crippen LogP contribution in [0.2, 0.25) is 0 Å². The minimum absolute atomic E-state index is 0.258. The van der Waals surface area contributed by atoms with E-state index in [2.05, 4.69) is 15.5 Å². The summed E-state index contributed by atoms with van der Waals surface area (Å²) in [4.78, 5) is 4.25. The average Bonchev–Trinajstić information content (AvgIpc) is 2.96. The molecule has 21 heavy (non-hydrogen) atoms. The molecule has 0 unspecified atom stereocenters. The monoisotopic (exact) mass is 283 g/mol. The van der Waals surface area contributed by atoms with Gasteiger partial charge in [-0.15, -0.1) is 0 Å². The summed E-state index contributed by atoms with van der Waals surface area (Å²) < 4.78 is 18.7. The Kier molecular flexibility index (Phi) is 3.91. The van der Waals surface area contributed by atoms with E-state index in [1.54, 1.807) is 18.2 Å². The summed E-state index contributed by atoms with van der Waals surface area (Å²) in [6.45, 7) is 0.439. The summed E-state index contributed by atoms with van der Waals surface area (Å²) >= 11 is 0. The molecule has 3 aromatic rings. The molecule has 1 heterocycles. The third-order valence-electron chi connectivity index (χ3n) is 3.03. The van der Waals surface area contributed by atoms with E-state index < -0.39 is 0 Å². The van der Waals surface area contributed by atoms with E-state index in [9.17, 15) is 4.39 Å². The van der Waals surface area contributed by atoms with Crippen LogP contribution in [0.3, 0.4) is 0 Å². The molecule has 3 rings (SSSR count). The number of rotatable bonds is 5. The van der Waals surface area contributed by atoms with Crippen LogP contribution in [0.25, 0.3) is 0 Å². The predicted octanol–water partition coefficient (Wildman–Crippen LogP) is 3.41. The molecule has 0 aliphatic heterocycles. The van der Waals surface area contributed by atoms with Crippen molar-refractivity contribution in [1.82, 2.24) is 10.1 Å². The third kappa shape index (κ3) is 3.45. The number of hydrogen-bond donors (Lipinski definition) is 1. The fourth-order valence-electron chi connectivity index (χ4n) is 1.98. The number of halogens is 1. The molecule has 5 heteroatoms. The lowest BCUT2D eigenvalue weighted by atomic mass is 10.1. The Morgan fingerprint density at radius 1 is 1.00 bits per heavy atom. The van der Waals surface area contributed by atoms with Crippen molar-refractivity contribution in [2.24, 2.45) is 0 Å². The van der Waals surface area contributed by atoms with Crippen LogP contribution in [0.4, 0.5) is 10.1 Å². The van der Waals surface area contributed by atoms with Crippen LogP contribution in [0.5, 0.6) is 0 Å². The lowest BCUT2D eigenvalue weighted by molar-refractivity contribution is 0.378. The summed E-state index contributed by atoms with van der Waals surface area (Å²) in [6, 6.07) is 16.3. The average molecular weight is 283 g/mol. The second-order valence-corrected chi connectivity index (χ2v) is 4.59. The zero-order valence-electron chi connectivity index (χ0n) is 11.3. The van der Waals surface area contributed by atoms with Crippen molar-refractivity contribution in [2.75, 3.05) is 5.32 Å². The molecule has 0 atom stereocenters. The molecule has 0 aliphatic rings. The molecular weight excluding hydrogens is 269 g/mol. The highest BCUT2D eigenvalue weighted by atomic mass is 19.1. The second-order valence-electron chi connectivity index (χ2n) is 4.59. The zero-order chi connectivity index (χ0) is 14.5. The third-order valence-corrected chi connectivity index (χ3v) is 3.03. The Balaban J connectivity index is 1.63. The van der Waals surface area contributed by atoms with Gasteiger partial charge >= 0.3 is 0 Å². The van der Waals surface area contributed by atoms with Crippen molar-refractivity contribution < 1.29 is 8.91 Å². The molecule has 0 aliphatic carbocycles. The molecule has 0 bridgehead atoms. The largest absolute Gasteiger partial charge is 0.376 e. The topological polar surface area (TPSA) is 51.0 Å². The normalized spacial score (nSPS) is 10.5. The van der Waals surface area contributed by atoms with Crippen molar-refractivity contribution >= 4 is 5.69 Å². The first-order valence-corrected chi connectivity index (χ1v) is 6.65. The van der Waals surface area contributed by atoms with Crippen LogP contribution in [0.1, 0.15) is 17.3 Å². The molecule has 4 nitrogen and oxygen atoms in total. The van der Waals surface area contributed by atoms with Crippen molar-refractivity contribution in [3.05, 3.63) is 77.7 Å². The Hall–Kier alpha value is -2.69. The molecule has 0 amide bonds. The molecule has 0 radical (unpaired) electrons. The van der Waals surface area contributed by atoms with Gasteiger partial charge in [-0.05, 0) is 23.8 Å². The highest BCUT2D eigenvalue weighted by Gasteiger charge is 2.09. The fraction of sp³-hybridized carbons (Fsp3) is 0.125. The maximum absolute atomic E-state index is 13.6. The van der Waals surface area contributed by atoms with E-state index in [4.69, 9.17) is 4.52 Å². The van der Waals surface area contributed by atoms with Crippen LogP contribution in [-0.4, -0.2) is 10.1 Å². The summed E-state index contributed by atoms with van der Waals surface area (Å²) in [5.41, 5.74) is 1.53. The highest BCUT2D eigenvalue weighted by molar-refractivity contribution is 5.42. The van der Waals surface area contributed by atoms with Gasteiger partial charge in [0, 0.05) is 12.1 Å². The van der Waals surface area contributed by atoms with E-state index in [1.165, 1.54) is 6.07 Å². The van der Waals surface area contributed by atoms with E-state index in [-0.39, 0.29) is 5.82 Å². The van der Waals surface area contributed by atoms with Gasteiger partial charge in [-0.3, -0.25) is 0 Å². The molecule has 1 aromatic heterocycles. The molecule has 0 saturated heterocycles. The fourth-order valence-corrected chi connectivity index (χ4v) is 1.98. The van der Waals surface area contributed by atoms with Crippen LogP contribution >= 0.6 is 0 Å². The van der Waals surface area contributed by atoms with Gasteiger partial charge in [-0.25, -0.2) is 4.39 Å². The number of anilines is 1. The Morgan fingerprint density at radius 2 is 1.76 bits per heavy atom. The second kappa shape index (κ2) is 6.17. The Bertz CT molecular complexity index is 712. The zero-order valence-corrected chi connectivity index (χ0v) is 11.3. The van der Waals surface area contributed by atoms with Crippen LogP contribution < -0.4 is 5.32 Å². The minimum Gasteiger partial charge on any atom is -0.376 e. The smallest absolute Gasteiger partial charge is 0.245 e. The van der Waals surface area contributed by atoms with Gasteiger partial charge in [-0.1, -0.05) is 41.6 Å². The summed E-state index contributed by atoms with van der Waals surface area (Å²) in [5.74, 6) is 0.696. The summed E-state index contributed by atoms with van der Waals surface area (Å²) in [7, 11) is 0. The minimum atomic E-state index is -0.258. The number of hydrogen-bond acceptors (Lipinski definition) is 4. The van der Waals surface area contributed by atoms with Crippen LogP contribution in [-0.2, 0) is 13.0 Å². The van der Waals surface area contributed by atoms with Gasteiger partial charge in [-0.2, -0.15) is 4.98 Å². The van der Waals surface area contributed by atoms with E-state index in [0.29, 0.717) is 30.2 Å². The highest BCUT2D eigenvalue weighted by Crippen LogP contribution is 2.12. The predicted molar refractivity (Wildman–Crippen MR) is 77.3 cm³/mol. The van der Waals surface area contributed by atoms with Crippen LogP contribution in [0, 0.1) is 5.82 Å².